The zero-order valence-corrected chi connectivity index (χ0v) is 63.1. The molecule has 3 aromatic heterocycles. The number of rotatable bonds is 7. The molecule has 3 aliphatic rings. The molecule has 0 unspecified atom stereocenters. The van der Waals surface area contributed by atoms with Crippen molar-refractivity contribution < 1.29 is 0 Å². The summed E-state index contributed by atoms with van der Waals surface area (Å²) in [6.07, 6.45) is 0. The predicted molar refractivity (Wildman–Crippen MR) is 468 cm³/mol. The van der Waals surface area contributed by atoms with E-state index in [0.717, 1.165) is 0 Å². The third-order valence-corrected chi connectivity index (χ3v) is 23.9. The summed E-state index contributed by atoms with van der Waals surface area (Å²) in [6, 6.07) is 141. The Morgan fingerprint density at radius 1 is 0.162 bits per heavy atom. The number of hydrogen-bond acceptors (Lipinski definition) is 3. The number of nitrogens with zero attached hydrogens (tertiary/aromatic N) is 6. The molecule has 0 N–H and O–H groups in total. The molecule has 3 aliphatic heterocycles. The normalized spacial score (nSPS) is 14.0. The largest absolute Gasteiger partial charge is 0.310 e. The monoisotopic (exact) mass is 1430 g/mol. The first-order valence-corrected chi connectivity index (χ1v) is 38.7. The van der Waals surface area contributed by atoms with Gasteiger partial charge in [0.15, 0.2) is 0 Å². The zero-order chi connectivity index (χ0) is 74.7. The molecule has 0 atom stereocenters. The van der Waals surface area contributed by atoms with Crippen molar-refractivity contribution in [2.45, 2.75) is 57.8 Å². The Hall–Kier alpha value is -13.7. The summed E-state index contributed by atoms with van der Waals surface area (Å²) in [4.78, 5) is 7.29. The number of aromatic nitrogens is 3. The molecular formula is C105H82N6. The van der Waals surface area contributed by atoms with Crippen LogP contribution in [-0.4, -0.2) is 13.7 Å². The molecule has 532 valence electrons. The molecule has 0 radical (unpaired) electrons. The molecule has 0 aliphatic carbocycles. The molecular weight excluding hydrogens is 1350 g/mol. The van der Waals surface area contributed by atoms with E-state index >= 15 is 0 Å². The van der Waals surface area contributed by atoms with Crippen LogP contribution in [0.3, 0.4) is 0 Å². The molecule has 0 spiro atoms. The molecule has 0 saturated heterocycles. The first kappa shape index (κ1) is 66.7. The highest BCUT2D eigenvalue weighted by Crippen LogP contribution is 2.56. The molecule has 6 heterocycles. The van der Waals surface area contributed by atoms with Crippen LogP contribution in [0.2, 0.25) is 0 Å². The van der Waals surface area contributed by atoms with Gasteiger partial charge in [-0.2, -0.15) is 0 Å². The first-order valence-electron chi connectivity index (χ1n) is 38.7. The summed E-state index contributed by atoms with van der Waals surface area (Å²) in [5.74, 6) is 0. The van der Waals surface area contributed by atoms with Crippen molar-refractivity contribution in [1.82, 2.24) is 13.7 Å². The van der Waals surface area contributed by atoms with Crippen LogP contribution in [0.25, 0.3) is 93.6 Å². The van der Waals surface area contributed by atoms with Crippen LogP contribution < -0.4 is 14.7 Å². The molecule has 16 aromatic carbocycles. The lowest BCUT2D eigenvalue weighted by atomic mass is 9.73. The molecule has 111 heavy (non-hydrogen) atoms. The van der Waals surface area contributed by atoms with Gasteiger partial charge in [-0.1, -0.05) is 290 Å². The van der Waals surface area contributed by atoms with E-state index in [1.165, 1.54) is 178 Å². The van der Waals surface area contributed by atoms with Gasteiger partial charge in [0.1, 0.15) is 0 Å². The minimum Gasteiger partial charge on any atom is -0.310 e. The van der Waals surface area contributed by atoms with Crippen molar-refractivity contribution in [3.8, 4) is 28.2 Å². The molecule has 0 amide bonds. The van der Waals surface area contributed by atoms with Gasteiger partial charge in [0, 0.05) is 82.7 Å². The average Bonchev–Trinajstić information content (AvgIpc) is 1.60. The van der Waals surface area contributed by atoms with E-state index in [1.54, 1.807) is 0 Å². The summed E-state index contributed by atoms with van der Waals surface area (Å²) in [5.41, 5.74) is 32.2. The lowest BCUT2D eigenvalue weighted by Gasteiger charge is -2.42. The van der Waals surface area contributed by atoms with E-state index in [-0.39, 0.29) is 16.2 Å². The number of anilines is 9. The van der Waals surface area contributed by atoms with Crippen LogP contribution in [-0.2, 0) is 16.2 Å². The van der Waals surface area contributed by atoms with E-state index in [0.29, 0.717) is 0 Å². The molecule has 22 rings (SSSR count). The number of benzene rings is 16. The molecule has 0 fully saturated rings. The smallest absolute Gasteiger partial charge is 0.0542 e. The van der Waals surface area contributed by atoms with E-state index in [9.17, 15) is 0 Å². The van der Waals surface area contributed by atoms with Crippen molar-refractivity contribution in [2.75, 3.05) is 14.7 Å². The third-order valence-electron chi connectivity index (χ3n) is 23.9. The van der Waals surface area contributed by atoms with Gasteiger partial charge in [-0.3, -0.25) is 0 Å². The highest BCUT2D eigenvalue weighted by Gasteiger charge is 2.40. The lowest BCUT2D eigenvalue weighted by molar-refractivity contribution is 0.632. The summed E-state index contributed by atoms with van der Waals surface area (Å²) in [6.45, 7) is 14.0. The number of hydrogen-bond donors (Lipinski definition) is 0. The average molecular weight is 1430 g/mol. The Morgan fingerprint density at radius 3 is 0.757 bits per heavy atom. The Labute approximate surface area is 648 Å². The zero-order valence-electron chi connectivity index (χ0n) is 63.1. The fourth-order valence-electron chi connectivity index (χ4n) is 18.6. The van der Waals surface area contributed by atoms with Crippen LogP contribution in [0.5, 0.6) is 0 Å². The maximum absolute atomic E-state index is 2.43. The van der Waals surface area contributed by atoms with Gasteiger partial charge in [-0.15, -0.1) is 0 Å². The maximum atomic E-state index is 2.43. The SMILES string of the molecule is CC1(C)c2ccccc2N(c2ccc3c(c2)c2ccccc2n3-c2ccccc2)c2ccccc21.CC1(C)c2ccccc2N(c2cccc(-c3cccc(-n4c5ccccc5c5ccccc54)c3)c2)c2ccccc21.CC1(C)c2ccccc2N(c2cccc(-n3c4ccccc4c4ccccc43)c2)c2ccccc21. The van der Waals surface area contributed by atoms with E-state index in [1.807, 2.05) is 0 Å². The molecule has 0 saturated carbocycles. The molecule has 0 bridgehead atoms. The minimum absolute atomic E-state index is 0.0584. The van der Waals surface area contributed by atoms with Crippen molar-refractivity contribution in [2.24, 2.45) is 0 Å². The lowest BCUT2D eigenvalue weighted by Crippen LogP contribution is -2.30. The summed E-state index contributed by atoms with van der Waals surface area (Å²) in [7, 11) is 0. The van der Waals surface area contributed by atoms with E-state index in [2.05, 4.69) is 458 Å². The minimum atomic E-state index is -0.0715. The van der Waals surface area contributed by atoms with Crippen molar-refractivity contribution >= 4 is 117 Å². The maximum Gasteiger partial charge on any atom is 0.0542 e. The predicted octanol–water partition coefficient (Wildman–Crippen LogP) is 28.3. The van der Waals surface area contributed by atoms with Gasteiger partial charge >= 0.3 is 0 Å². The highest BCUT2D eigenvalue weighted by atomic mass is 15.2. The van der Waals surface area contributed by atoms with Gasteiger partial charge in [-0.25, -0.2) is 0 Å². The second-order valence-corrected chi connectivity index (χ2v) is 31.2. The van der Waals surface area contributed by atoms with Gasteiger partial charge in [-0.05, 0) is 184 Å². The van der Waals surface area contributed by atoms with Crippen LogP contribution >= 0.6 is 0 Å². The fraction of sp³-hybridized carbons (Fsp3) is 0.0857. The Bertz CT molecular complexity index is 6600. The standard InChI is InChI=1S/C39H30N2.2C33H26N2/c1-39(2)33-19-5-9-23-37(33)41(38-24-10-6-20-34(38)39)30-16-12-14-28(26-30)27-13-11-15-29(25-27)40-35-21-7-3-17-31(35)32-18-4-8-22-36(32)40;1-33(2)27-16-5-9-20-31(27)35(32-21-10-6-17-28(32)33)24-13-11-12-23(22-24)34-29-18-7-3-14-25(29)26-15-4-8-19-30(26)34;1-33(2)27-15-7-10-18-31(27)35(32-19-11-8-16-28(32)33)24-20-21-30-26(22-24)25-14-6-9-17-29(25)34(30)23-12-4-3-5-13-23/h3-26H,1-2H3;2*3-22H,1-2H3. The van der Waals surface area contributed by atoms with Crippen molar-refractivity contribution in [3.63, 3.8) is 0 Å². The summed E-state index contributed by atoms with van der Waals surface area (Å²) in [5, 5.41) is 7.66. The Morgan fingerprint density at radius 2 is 0.396 bits per heavy atom. The van der Waals surface area contributed by atoms with Crippen LogP contribution in [0.15, 0.2) is 388 Å². The number of fused-ring (bicyclic) bond motifs is 15. The first-order chi connectivity index (χ1) is 54.4. The molecule has 19 aromatic rings. The Balaban J connectivity index is 0.000000109. The van der Waals surface area contributed by atoms with E-state index < -0.39 is 0 Å². The van der Waals surface area contributed by atoms with Crippen molar-refractivity contribution in [3.05, 3.63) is 422 Å². The van der Waals surface area contributed by atoms with Gasteiger partial charge in [0.05, 0.1) is 67.2 Å². The van der Waals surface area contributed by atoms with Crippen LogP contribution in [0, 0.1) is 0 Å². The second-order valence-electron chi connectivity index (χ2n) is 31.2. The summed E-state index contributed by atoms with van der Waals surface area (Å²) < 4.78 is 7.15. The molecule has 6 nitrogen and oxygen atoms in total. The third kappa shape index (κ3) is 10.8. The topological polar surface area (TPSA) is 24.5 Å². The highest BCUT2D eigenvalue weighted by molar-refractivity contribution is 6.12. The quantitative estimate of drug-likeness (QED) is 0.159. The summed E-state index contributed by atoms with van der Waals surface area (Å²) >= 11 is 0. The van der Waals surface area contributed by atoms with E-state index in [4.69, 9.17) is 0 Å². The van der Waals surface area contributed by atoms with Gasteiger partial charge < -0.3 is 28.4 Å². The van der Waals surface area contributed by atoms with Crippen LogP contribution in [0.4, 0.5) is 51.2 Å². The van der Waals surface area contributed by atoms with Crippen molar-refractivity contribution in [1.29, 1.82) is 0 Å². The fourth-order valence-corrected chi connectivity index (χ4v) is 18.6. The molecule has 6 heteroatoms. The number of para-hydroxylation sites is 12. The van der Waals surface area contributed by atoms with Gasteiger partial charge in [0.25, 0.3) is 0 Å². The van der Waals surface area contributed by atoms with Crippen LogP contribution in [0.1, 0.15) is 74.9 Å². The van der Waals surface area contributed by atoms with Gasteiger partial charge in [0.2, 0.25) is 0 Å². The second kappa shape index (κ2) is 26.3. The Kier molecular flexibility index (Phi) is 15.8.